The molecule has 0 saturated carbocycles. The van der Waals surface area contributed by atoms with Crippen molar-refractivity contribution >= 4 is 0 Å². The fourth-order valence-corrected chi connectivity index (χ4v) is 2.98. The lowest BCUT2D eigenvalue weighted by atomic mass is 9.96. The maximum Gasteiger partial charge on any atom is 0.123 e. The molecule has 1 saturated heterocycles. The lowest BCUT2D eigenvalue weighted by Gasteiger charge is -2.38. The van der Waals surface area contributed by atoms with Crippen LogP contribution in [0, 0.1) is 11.6 Å². The summed E-state index contributed by atoms with van der Waals surface area (Å²) in [6.45, 7) is 3.88. The first-order valence-electron chi connectivity index (χ1n) is 7.57. The number of likely N-dealkylation sites (N-methyl/N-ethyl adjacent to an activating group) is 1. The van der Waals surface area contributed by atoms with Gasteiger partial charge in [0.25, 0.3) is 0 Å². The molecule has 0 spiro atoms. The smallest absolute Gasteiger partial charge is 0.123 e. The molecule has 2 nitrogen and oxygen atoms in total. The highest BCUT2D eigenvalue weighted by molar-refractivity contribution is 5.32. The van der Waals surface area contributed by atoms with E-state index in [9.17, 15) is 8.78 Å². The zero-order chi connectivity index (χ0) is 15.5. The van der Waals surface area contributed by atoms with Crippen molar-refractivity contribution in [2.45, 2.75) is 13.5 Å². The Bertz CT molecular complexity index is 557. The largest absolute Gasteiger partial charge is 0.304 e. The minimum Gasteiger partial charge on any atom is -0.304 e. The van der Waals surface area contributed by atoms with Crippen LogP contribution < -0.4 is 0 Å². The van der Waals surface area contributed by atoms with Gasteiger partial charge in [0, 0.05) is 26.2 Å². The van der Waals surface area contributed by atoms with Gasteiger partial charge in [-0.25, -0.2) is 8.78 Å². The van der Waals surface area contributed by atoms with Gasteiger partial charge in [0.15, 0.2) is 0 Å². The van der Waals surface area contributed by atoms with E-state index in [2.05, 4.69) is 16.8 Å². The molecule has 2 aromatic carbocycles. The molecule has 1 aliphatic heterocycles. The molecule has 1 heterocycles. The lowest BCUT2D eigenvalue weighted by molar-refractivity contribution is 0.127. The zero-order valence-electron chi connectivity index (χ0n) is 12.7. The van der Waals surface area contributed by atoms with Crippen LogP contribution in [0.1, 0.15) is 24.6 Å². The molecule has 0 radical (unpaired) electrons. The van der Waals surface area contributed by atoms with Crippen LogP contribution in [0.4, 0.5) is 8.78 Å². The molecule has 0 N–H and O–H groups in total. The van der Waals surface area contributed by atoms with Gasteiger partial charge in [-0.15, -0.1) is 0 Å². The van der Waals surface area contributed by atoms with Crippen molar-refractivity contribution < 1.29 is 8.78 Å². The van der Waals surface area contributed by atoms with Gasteiger partial charge in [-0.05, 0) is 42.4 Å². The minimum atomic E-state index is -0.236. The van der Waals surface area contributed by atoms with Gasteiger partial charge in [-0.3, -0.25) is 4.90 Å². The van der Waals surface area contributed by atoms with Crippen molar-refractivity contribution in [3.63, 3.8) is 0 Å². The lowest BCUT2D eigenvalue weighted by Crippen LogP contribution is -2.46. The third-order valence-corrected chi connectivity index (χ3v) is 4.27. The summed E-state index contributed by atoms with van der Waals surface area (Å²) in [6, 6.07) is 13.3. The van der Waals surface area contributed by atoms with Crippen molar-refractivity contribution in [2.24, 2.45) is 0 Å². The van der Waals surface area contributed by atoms with E-state index < -0.39 is 0 Å². The van der Waals surface area contributed by atoms with Gasteiger partial charge < -0.3 is 4.90 Å². The molecule has 2 aromatic rings. The maximum atomic E-state index is 13.2. The maximum absolute atomic E-state index is 13.2. The van der Waals surface area contributed by atoms with Crippen LogP contribution in [0.2, 0.25) is 0 Å². The molecule has 0 atom stereocenters. The Balaban J connectivity index is 0.00000192. The SMILES string of the molecule is C.CN1CCN(C(c2ccc(F)cc2)c2ccc(F)cc2)CC1. The van der Waals surface area contributed by atoms with E-state index in [1.807, 2.05) is 24.3 Å². The number of piperazine rings is 1. The summed E-state index contributed by atoms with van der Waals surface area (Å²) >= 11 is 0. The number of benzene rings is 2. The van der Waals surface area contributed by atoms with Crippen LogP contribution >= 0.6 is 0 Å². The molecule has 124 valence electrons. The summed E-state index contributed by atoms with van der Waals surface area (Å²) in [7, 11) is 2.11. The summed E-state index contributed by atoms with van der Waals surface area (Å²) in [5.74, 6) is -0.472. The van der Waals surface area contributed by atoms with E-state index in [4.69, 9.17) is 0 Å². The number of halogens is 2. The Labute approximate surface area is 137 Å². The molecule has 0 aromatic heterocycles. The highest BCUT2D eigenvalue weighted by atomic mass is 19.1. The van der Waals surface area contributed by atoms with Crippen LogP contribution in [-0.4, -0.2) is 43.0 Å². The number of nitrogens with zero attached hydrogens (tertiary/aromatic N) is 2. The quantitative estimate of drug-likeness (QED) is 0.846. The van der Waals surface area contributed by atoms with Gasteiger partial charge in [0.2, 0.25) is 0 Å². The number of hydrogen-bond acceptors (Lipinski definition) is 2. The molecule has 0 bridgehead atoms. The molecule has 0 amide bonds. The van der Waals surface area contributed by atoms with Crippen molar-refractivity contribution in [1.29, 1.82) is 0 Å². The first kappa shape index (κ1) is 17.6. The van der Waals surface area contributed by atoms with Crippen molar-refractivity contribution in [1.82, 2.24) is 9.80 Å². The van der Waals surface area contributed by atoms with E-state index in [-0.39, 0.29) is 25.1 Å². The molecular formula is C19H24F2N2. The monoisotopic (exact) mass is 318 g/mol. The molecule has 23 heavy (non-hydrogen) atoms. The van der Waals surface area contributed by atoms with Crippen molar-refractivity contribution in [2.75, 3.05) is 33.2 Å². The van der Waals surface area contributed by atoms with Gasteiger partial charge in [-0.2, -0.15) is 0 Å². The first-order chi connectivity index (χ1) is 10.6. The Morgan fingerprint density at radius 2 is 1.13 bits per heavy atom. The Hall–Kier alpha value is -1.78. The highest BCUT2D eigenvalue weighted by Gasteiger charge is 2.25. The number of rotatable bonds is 3. The molecule has 4 heteroatoms. The van der Waals surface area contributed by atoms with E-state index in [1.54, 1.807) is 0 Å². The average molecular weight is 318 g/mol. The van der Waals surface area contributed by atoms with E-state index in [1.165, 1.54) is 24.3 Å². The van der Waals surface area contributed by atoms with Crippen LogP contribution in [0.15, 0.2) is 48.5 Å². The Kier molecular flexibility index (Phi) is 5.85. The normalized spacial score (nSPS) is 16.3. The minimum absolute atomic E-state index is 0. The molecule has 3 rings (SSSR count). The predicted molar refractivity (Wildman–Crippen MR) is 90.4 cm³/mol. The van der Waals surface area contributed by atoms with Crippen LogP contribution in [0.3, 0.4) is 0 Å². The van der Waals surface area contributed by atoms with Crippen molar-refractivity contribution in [3.8, 4) is 0 Å². The van der Waals surface area contributed by atoms with Gasteiger partial charge >= 0.3 is 0 Å². The fourth-order valence-electron chi connectivity index (χ4n) is 2.98. The van der Waals surface area contributed by atoms with Crippen LogP contribution in [0.5, 0.6) is 0 Å². The second kappa shape index (κ2) is 7.66. The molecule has 1 fully saturated rings. The number of hydrogen-bond donors (Lipinski definition) is 0. The standard InChI is InChI=1S/C18H20F2N2.CH4/c1-21-10-12-22(13-11-21)18(14-2-6-16(19)7-3-14)15-4-8-17(20)9-5-15;/h2-9,18H,10-13H2,1H3;1H4. The Morgan fingerprint density at radius 3 is 1.52 bits per heavy atom. The Morgan fingerprint density at radius 1 is 0.739 bits per heavy atom. The predicted octanol–water partition coefficient (Wildman–Crippen LogP) is 3.94. The average Bonchev–Trinajstić information content (AvgIpc) is 2.53. The topological polar surface area (TPSA) is 6.48 Å². The third kappa shape index (κ3) is 4.15. The van der Waals surface area contributed by atoms with E-state index in [0.29, 0.717) is 0 Å². The van der Waals surface area contributed by atoms with Gasteiger partial charge in [0.1, 0.15) is 11.6 Å². The molecule has 0 aliphatic carbocycles. The van der Waals surface area contributed by atoms with Crippen LogP contribution in [-0.2, 0) is 0 Å². The van der Waals surface area contributed by atoms with E-state index >= 15 is 0 Å². The third-order valence-electron chi connectivity index (χ3n) is 4.27. The molecule has 1 aliphatic rings. The summed E-state index contributed by atoms with van der Waals surface area (Å²) < 4.78 is 26.5. The summed E-state index contributed by atoms with van der Waals surface area (Å²) in [5.41, 5.74) is 2.08. The zero-order valence-corrected chi connectivity index (χ0v) is 12.7. The van der Waals surface area contributed by atoms with Gasteiger partial charge in [-0.1, -0.05) is 31.7 Å². The summed E-state index contributed by atoms with van der Waals surface area (Å²) in [4.78, 5) is 4.67. The highest BCUT2D eigenvalue weighted by Crippen LogP contribution is 2.29. The first-order valence-corrected chi connectivity index (χ1v) is 7.57. The van der Waals surface area contributed by atoms with Crippen molar-refractivity contribution in [3.05, 3.63) is 71.3 Å². The summed E-state index contributed by atoms with van der Waals surface area (Å²) in [6.07, 6.45) is 0. The molecule has 0 unspecified atom stereocenters. The van der Waals surface area contributed by atoms with E-state index in [0.717, 1.165) is 37.3 Å². The van der Waals surface area contributed by atoms with Crippen LogP contribution in [0.25, 0.3) is 0 Å². The van der Waals surface area contributed by atoms with Gasteiger partial charge in [0.05, 0.1) is 6.04 Å². The molecular weight excluding hydrogens is 294 g/mol. The second-order valence-electron chi connectivity index (χ2n) is 5.84. The second-order valence-corrected chi connectivity index (χ2v) is 5.84. The fraction of sp³-hybridized carbons (Fsp3) is 0.368. The summed E-state index contributed by atoms with van der Waals surface area (Å²) in [5, 5.41) is 0.